The second-order valence-corrected chi connectivity index (χ2v) is 5.56. The van der Waals surface area contributed by atoms with Crippen molar-refractivity contribution in [2.45, 2.75) is 33.2 Å². The first-order valence-corrected chi connectivity index (χ1v) is 6.63. The fourth-order valence-corrected chi connectivity index (χ4v) is 2.41. The number of hydrogen-bond acceptors (Lipinski definition) is 3. The van der Waals surface area contributed by atoms with Crippen molar-refractivity contribution < 1.29 is 4.79 Å². The summed E-state index contributed by atoms with van der Waals surface area (Å²) in [5.41, 5.74) is 5.56. The van der Waals surface area contributed by atoms with E-state index in [9.17, 15) is 4.79 Å². The van der Waals surface area contributed by atoms with Crippen molar-refractivity contribution in [1.82, 2.24) is 9.80 Å². The summed E-state index contributed by atoms with van der Waals surface area (Å²) in [6.07, 6.45) is 0.757. The zero-order valence-corrected chi connectivity index (χ0v) is 11.8. The van der Waals surface area contributed by atoms with Crippen LogP contribution in [0.25, 0.3) is 0 Å². The van der Waals surface area contributed by atoms with E-state index in [1.165, 1.54) is 0 Å². The molecule has 98 valence electrons. The summed E-state index contributed by atoms with van der Waals surface area (Å²) < 4.78 is 0. The number of nitrogens with zero attached hydrogens (tertiary/aromatic N) is 2. The van der Waals surface area contributed by atoms with Crippen LogP contribution in [-0.4, -0.2) is 52.9 Å². The molecule has 0 saturated carbocycles. The van der Waals surface area contributed by atoms with E-state index in [1.807, 2.05) is 18.7 Å². The lowest BCUT2D eigenvalue weighted by Gasteiger charge is -2.38. The molecular formula is C12H23N3OS. The highest BCUT2D eigenvalue weighted by atomic mass is 32.1. The van der Waals surface area contributed by atoms with Gasteiger partial charge in [0.1, 0.15) is 0 Å². The first-order valence-electron chi connectivity index (χ1n) is 6.23. The Bertz CT molecular complexity index is 285. The number of carbonyl (C=O) groups is 1. The molecule has 0 aromatic carbocycles. The highest BCUT2D eigenvalue weighted by molar-refractivity contribution is 7.80. The molecule has 1 rings (SSSR count). The molecule has 1 aliphatic heterocycles. The van der Waals surface area contributed by atoms with Crippen molar-refractivity contribution in [3.05, 3.63) is 0 Å². The quantitative estimate of drug-likeness (QED) is 0.759. The zero-order chi connectivity index (χ0) is 13.0. The number of rotatable bonds is 4. The van der Waals surface area contributed by atoms with Crippen LogP contribution in [0.2, 0.25) is 0 Å². The predicted molar refractivity (Wildman–Crippen MR) is 73.9 cm³/mol. The molecule has 1 unspecified atom stereocenters. The van der Waals surface area contributed by atoms with Gasteiger partial charge in [-0.2, -0.15) is 0 Å². The lowest BCUT2D eigenvalue weighted by atomic mass is 10.1. The second kappa shape index (κ2) is 6.31. The summed E-state index contributed by atoms with van der Waals surface area (Å²) in [6, 6.07) is 0.379. The highest BCUT2D eigenvalue weighted by Gasteiger charge is 2.25. The van der Waals surface area contributed by atoms with Crippen LogP contribution in [0.5, 0.6) is 0 Å². The smallest absolute Gasteiger partial charge is 0.225 e. The maximum Gasteiger partial charge on any atom is 0.225 e. The monoisotopic (exact) mass is 257 g/mol. The molecule has 17 heavy (non-hydrogen) atoms. The summed E-state index contributed by atoms with van der Waals surface area (Å²) in [5, 5.41) is 0. The number of carbonyl (C=O) groups excluding carboxylic acids is 1. The molecule has 0 aromatic rings. The predicted octanol–water partition coefficient (Wildman–Crippen LogP) is 0.851. The minimum atomic E-state index is 0.0931. The van der Waals surface area contributed by atoms with E-state index in [0.717, 1.165) is 32.6 Å². The van der Waals surface area contributed by atoms with Crippen LogP contribution in [0.1, 0.15) is 27.2 Å². The van der Waals surface area contributed by atoms with Crippen molar-refractivity contribution in [2.24, 2.45) is 11.7 Å². The molecule has 5 heteroatoms. The first kappa shape index (κ1) is 14.4. The van der Waals surface area contributed by atoms with Gasteiger partial charge in [0.15, 0.2) is 0 Å². The Morgan fingerprint density at radius 2 is 1.76 bits per heavy atom. The second-order valence-electron chi connectivity index (χ2n) is 5.04. The third kappa shape index (κ3) is 4.24. The molecule has 0 aliphatic carbocycles. The van der Waals surface area contributed by atoms with Crippen LogP contribution in [0.15, 0.2) is 0 Å². The summed E-state index contributed by atoms with van der Waals surface area (Å²) in [4.78, 5) is 16.7. The third-order valence-electron chi connectivity index (χ3n) is 3.24. The van der Waals surface area contributed by atoms with Crippen LogP contribution >= 0.6 is 12.2 Å². The first-order chi connectivity index (χ1) is 7.91. The van der Waals surface area contributed by atoms with Gasteiger partial charge in [0.05, 0.1) is 4.99 Å². The Morgan fingerprint density at radius 1 is 1.24 bits per heavy atom. The number of nitrogens with two attached hydrogens (primary N) is 1. The Kier molecular flexibility index (Phi) is 5.33. The van der Waals surface area contributed by atoms with Gasteiger partial charge in [0.25, 0.3) is 0 Å². The van der Waals surface area contributed by atoms with Crippen LogP contribution in [0.3, 0.4) is 0 Å². The van der Waals surface area contributed by atoms with Gasteiger partial charge >= 0.3 is 0 Å². The van der Waals surface area contributed by atoms with Crippen LogP contribution in [0.4, 0.5) is 0 Å². The standard InChI is InChI=1S/C12H23N3OS/c1-9(2)12(16)15-6-4-14(5-7-15)10(3)8-11(13)17/h9-10H,4-8H2,1-3H3,(H2,13,17). The Morgan fingerprint density at radius 3 is 2.18 bits per heavy atom. The molecule has 0 bridgehead atoms. The third-order valence-corrected chi connectivity index (χ3v) is 3.41. The van der Waals surface area contributed by atoms with Crippen LogP contribution < -0.4 is 5.73 Å². The minimum absolute atomic E-state index is 0.0931. The molecular weight excluding hydrogens is 234 g/mol. The van der Waals surface area contributed by atoms with E-state index < -0.39 is 0 Å². The van der Waals surface area contributed by atoms with Gasteiger partial charge in [-0.3, -0.25) is 9.69 Å². The molecule has 0 radical (unpaired) electrons. The van der Waals surface area contributed by atoms with Gasteiger partial charge in [0, 0.05) is 44.6 Å². The molecule has 1 atom stereocenters. The van der Waals surface area contributed by atoms with Crippen molar-refractivity contribution >= 4 is 23.1 Å². The van der Waals surface area contributed by atoms with Crippen LogP contribution in [0, 0.1) is 5.92 Å². The maximum atomic E-state index is 11.8. The topological polar surface area (TPSA) is 49.6 Å². The number of hydrogen-bond donors (Lipinski definition) is 1. The van der Waals surface area contributed by atoms with E-state index >= 15 is 0 Å². The Labute approximate surface area is 109 Å². The fourth-order valence-electron chi connectivity index (χ4n) is 2.17. The van der Waals surface area contributed by atoms with Gasteiger partial charge < -0.3 is 10.6 Å². The molecule has 2 N–H and O–H groups in total. The highest BCUT2D eigenvalue weighted by Crippen LogP contribution is 2.11. The zero-order valence-electron chi connectivity index (χ0n) is 11.0. The summed E-state index contributed by atoms with van der Waals surface area (Å²) in [5.74, 6) is 0.349. The van der Waals surface area contributed by atoms with Crippen molar-refractivity contribution in [3.8, 4) is 0 Å². The number of piperazine rings is 1. The molecule has 0 spiro atoms. The van der Waals surface area contributed by atoms with Gasteiger partial charge in [-0.1, -0.05) is 26.1 Å². The number of amides is 1. The summed E-state index contributed by atoms with van der Waals surface area (Å²) in [6.45, 7) is 9.51. The lowest BCUT2D eigenvalue weighted by Crippen LogP contribution is -2.52. The van der Waals surface area contributed by atoms with E-state index in [0.29, 0.717) is 11.0 Å². The summed E-state index contributed by atoms with van der Waals surface area (Å²) >= 11 is 4.93. The van der Waals surface area contributed by atoms with E-state index in [-0.39, 0.29) is 11.8 Å². The minimum Gasteiger partial charge on any atom is -0.393 e. The maximum absolute atomic E-state index is 11.8. The lowest BCUT2D eigenvalue weighted by molar-refractivity contribution is -0.136. The molecule has 1 saturated heterocycles. The van der Waals surface area contributed by atoms with E-state index in [1.54, 1.807) is 0 Å². The molecule has 4 nitrogen and oxygen atoms in total. The fraction of sp³-hybridized carbons (Fsp3) is 0.833. The Hall–Kier alpha value is -0.680. The van der Waals surface area contributed by atoms with Gasteiger partial charge in [-0.05, 0) is 6.92 Å². The molecule has 1 fully saturated rings. The largest absolute Gasteiger partial charge is 0.393 e. The molecule has 1 amide bonds. The van der Waals surface area contributed by atoms with Crippen LogP contribution in [-0.2, 0) is 4.79 Å². The Balaban J connectivity index is 2.40. The van der Waals surface area contributed by atoms with E-state index in [2.05, 4.69) is 11.8 Å². The normalized spacial score (nSPS) is 19.4. The van der Waals surface area contributed by atoms with Gasteiger partial charge in [-0.25, -0.2) is 0 Å². The summed E-state index contributed by atoms with van der Waals surface area (Å²) in [7, 11) is 0. The van der Waals surface area contributed by atoms with Crippen molar-refractivity contribution in [1.29, 1.82) is 0 Å². The average molecular weight is 257 g/mol. The van der Waals surface area contributed by atoms with Crippen molar-refractivity contribution in [2.75, 3.05) is 26.2 Å². The molecule has 1 aliphatic rings. The molecule has 0 aromatic heterocycles. The molecule has 1 heterocycles. The van der Waals surface area contributed by atoms with E-state index in [4.69, 9.17) is 18.0 Å². The number of thiocarbonyl (C=S) groups is 1. The van der Waals surface area contributed by atoms with Crippen molar-refractivity contribution in [3.63, 3.8) is 0 Å². The average Bonchev–Trinajstić information content (AvgIpc) is 2.27. The van der Waals surface area contributed by atoms with Gasteiger partial charge in [-0.15, -0.1) is 0 Å². The SMILES string of the molecule is CC(C)C(=O)N1CCN(C(C)CC(N)=S)CC1. The van der Waals surface area contributed by atoms with Gasteiger partial charge in [0.2, 0.25) is 5.91 Å².